The van der Waals surface area contributed by atoms with E-state index in [2.05, 4.69) is 15.5 Å². The summed E-state index contributed by atoms with van der Waals surface area (Å²) >= 11 is 0. The van der Waals surface area contributed by atoms with Crippen molar-refractivity contribution in [2.24, 2.45) is 0 Å². The van der Waals surface area contributed by atoms with Gasteiger partial charge < -0.3 is 14.6 Å². The van der Waals surface area contributed by atoms with Crippen LogP contribution in [0.1, 0.15) is 82.8 Å². The molecule has 2 aliphatic rings. The highest BCUT2D eigenvalue weighted by Crippen LogP contribution is 2.37. The molecule has 2 aliphatic carbocycles. The minimum Gasteiger partial charge on any atom is -0.365 e. The first kappa shape index (κ1) is 17.4. The van der Waals surface area contributed by atoms with Crippen LogP contribution in [0.2, 0.25) is 0 Å². The maximum absolute atomic E-state index is 12.7. The summed E-state index contributed by atoms with van der Waals surface area (Å²) in [7, 11) is 0. The van der Waals surface area contributed by atoms with E-state index in [0.717, 1.165) is 38.5 Å². The molecule has 0 aromatic carbocycles. The van der Waals surface area contributed by atoms with Crippen LogP contribution in [-0.4, -0.2) is 28.3 Å². The Hall–Kier alpha value is -1.43. The molecule has 2 fully saturated rings. The summed E-state index contributed by atoms with van der Waals surface area (Å²) in [6.07, 6.45) is 10.7. The average Bonchev–Trinajstić information content (AvgIpc) is 3.12. The lowest BCUT2D eigenvalue weighted by molar-refractivity contribution is -0.138. The first-order valence-electron chi connectivity index (χ1n) is 9.37. The van der Waals surface area contributed by atoms with Crippen LogP contribution in [0.25, 0.3) is 0 Å². The quantitative estimate of drug-likeness (QED) is 0.835. The van der Waals surface area contributed by atoms with Crippen LogP contribution >= 0.6 is 0 Å². The van der Waals surface area contributed by atoms with Gasteiger partial charge in [0.1, 0.15) is 11.6 Å². The van der Waals surface area contributed by atoms with Gasteiger partial charge in [0.15, 0.2) is 5.82 Å². The van der Waals surface area contributed by atoms with Gasteiger partial charge in [-0.15, -0.1) is 0 Å². The molecule has 0 radical (unpaired) electrons. The van der Waals surface area contributed by atoms with Crippen LogP contribution in [0.3, 0.4) is 0 Å². The van der Waals surface area contributed by atoms with Crippen LogP contribution in [0.5, 0.6) is 0 Å². The molecule has 0 spiro atoms. The van der Waals surface area contributed by atoms with Crippen molar-refractivity contribution in [2.75, 3.05) is 0 Å². The molecule has 1 aromatic heterocycles. The Morgan fingerprint density at radius 2 is 1.88 bits per heavy atom. The van der Waals surface area contributed by atoms with Crippen LogP contribution in [-0.2, 0) is 15.1 Å². The number of amides is 1. The number of nitrogens with one attached hydrogen (secondary N) is 1. The van der Waals surface area contributed by atoms with Gasteiger partial charge in [0.05, 0.1) is 6.10 Å². The average molecular weight is 335 g/mol. The molecule has 6 heteroatoms. The van der Waals surface area contributed by atoms with Crippen molar-refractivity contribution in [3.05, 3.63) is 11.7 Å². The van der Waals surface area contributed by atoms with Crippen molar-refractivity contribution in [3.8, 4) is 0 Å². The van der Waals surface area contributed by atoms with Gasteiger partial charge in [0.2, 0.25) is 11.8 Å². The first-order chi connectivity index (χ1) is 11.6. The third kappa shape index (κ3) is 3.97. The molecule has 24 heavy (non-hydrogen) atoms. The summed E-state index contributed by atoms with van der Waals surface area (Å²) in [5.41, 5.74) is -0.490. The van der Waals surface area contributed by atoms with E-state index in [1.807, 2.05) is 6.92 Å². The Labute approximate surface area is 143 Å². The molecule has 0 saturated heterocycles. The zero-order chi connectivity index (χ0) is 17.0. The van der Waals surface area contributed by atoms with Crippen molar-refractivity contribution < 1.29 is 14.1 Å². The molecule has 3 rings (SSSR count). The second-order valence-corrected chi connectivity index (χ2v) is 7.31. The maximum Gasteiger partial charge on any atom is 0.249 e. The van der Waals surface area contributed by atoms with E-state index in [9.17, 15) is 4.79 Å². The normalized spacial score (nSPS) is 22.9. The topological polar surface area (TPSA) is 77.2 Å². The van der Waals surface area contributed by atoms with Gasteiger partial charge in [-0.2, -0.15) is 4.98 Å². The Bertz CT molecular complexity index is 543. The van der Waals surface area contributed by atoms with Gasteiger partial charge in [-0.1, -0.05) is 43.7 Å². The molecule has 1 aromatic rings. The number of aromatic nitrogens is 2. The standard InChI is InChI=1S/C18H29N3O3/c1-13(23-15-9-5-3-4-6-10-15)16(22)20-18(11-7-8-12-18)17-19-14(2)24-21-17/h13,15H,3-12H2,1-2H3,(H,20,22). The predicted molar refractivity (Wildman–Crippen MR) is 89.4 cm³/mol. The van der Waals surface area contributed by atoms with Crippen LogP contribution in [0.15, 0.2) is 4.52 Å². The highest BCUT2D eigenvalue weighted by atomic mass is 16.5. The molecule has 2 saturated carbocycles. The van der Waals surface area contributed by atoms with Gasteiger partial charge >= 0.3 is 0 Å². The van der Waals surface area contributed by atoms with E-state index in [-0.39, 0.29) is 12.0 Å². The Morgan fingerprint density at radius 1 is 1.21 bits per heavy atom. The van der Waals surface area contributed by atoms with Crippen molar-refractivity contribution in [1.29, 1.82) is 0 Å². The van der Waals surface area contributed by atoms with Crippen molar-refractivity contribution in [3.63, 3.8) is 0 Å². The fourth-order valence-electron chi connectivity index (χ4n) is 3.94. The fraction of sp³-hybridized carbons (Fsp3) is 0.833. The summed E-state index contributed by atoms with van der Waals surface area (Å²) in [4.78, 5) is 17.1. The van der Waals surface area contributed by atoms with Crippen LogP contribution < -0.4 is 5.32 Å². The maximum atomic E-state index is 12.7. The molecule has 1 amide bonds. The molecule has 134 valence electrons. The second-order valence-electron chi connectivity index (χ2n) is 7.31. The zero-order valence-corrected chi connectivity index (χ0v) is 14.8. The van der Waals surface area contributed by atoms with Gasteiger partial charge in [-0.25, -0.2) is 0 Å². The Morgan fingerprint density at radius 3 is 2.46 bits per heavy atom. The second kappa shape index (κ2) is 7.64. The molecule has 1 atom stereocenters. The third-order valence-electron chi connectivity index (χ3n) is 5.34. The Balaban J connectivity index is 1.63. The smallest absolute Gasteiger partial charge is 0.249 e. The first-order valence-corrected chi connectivity index (χ1v) is 9.37. The van der Waals surface area contributed by atoms with Crippen molar-refractivity contribution in [1.82, 2.24) is 15.5 Å². The van der Waals surface area contributed by atoms with E-state index < -0.39 is 11.6 Å². The number of rotatable bonds is 5. The molecule has 0 bridgehead atoms. The highest BCUT2D eigenvalue weighted by Gasteiger charge is 2.42. The number of hydrogen-bond donors (Lipinski definition) is 1. The lowest BCUT2D eigenvalue weighted by atomic mass is 9.96. The molecular formula is C18H29N3O3. The SMILES string of the molecule is Cc1nc(C2(NC(=O)C(C)OC3CCCCCC3)CCCC2)no1. The highest BCUT2D eigenvalue weighted by molar-refractivity contribution is 5.81. The van der Waals surface area contributed by atoms with Gasteiger partial charge in [-0.05, 0) is 32.6 Å². The summed E-state index contributed by atoms with van der Waals surface area (Å²) in [5, 5.41) is 7.25. The number of nitrogens with zero attached hydrogens (tertiary/aromatic N) is 2. The van der Waals surface area contributed by atoms with Crippen LogP contribution in [0, 0.1) is 6.92 Å². The molecule has 1 N–H and O–H groups in total. The zero-order valence-electron chi connectivity index (χ0n) is 14.8. The summed E-state index contributed by atoms with van der Waals surface area (Å²) in [6.45, 7) is 3.63. The third-order valence-corrected chi connectivity index (χ3v) is 5.34. The lowest BCUT2D eigenvalue weighted by Crippen LogP contribution is -2.49. The number of carbonyl (C=O) groups is 1. The minimum atomic E-state index is -0.490. The summed E-state index contributed by atoms with van der Waals surface area (Å²) in [6, 6.07) is 0. The monoisotopic (exact) mass is 335 g/mol. The number of ether oxygens (including phenoxy) is 1. The van der Waals surface area contributed by atoms with Gasteiger partial charge in [-0.3, -0.25) is 4.79 Å². The van der Waals surface area contributed by atoms with E-state index in [1.54, 1.807) is 6.92 Å². The lowest BCUT2D eigenvalue weighted by Gasteiger charge is -2.29. The van der Waals surface area contributed by atoms with E-state index in [0.29, 0.717) is 11.7 Å². The number of carbonyl (C=O) groups excluding carboxylic acids is 1. The van der Waals surface area contributed by atoms with Gasteiger partial charge in [0.25, 0.3) is 0 Å². The number of aryl methyl sites for hydroxylation is 1. The van der Waals surface area contributed by atoms with E-state index in [1.165, 1.54) is 25.7 Å². The fourth-order valence-corrected chi connectivity index (χ4v) is 3.94. The van der Waals surface area contributed by atoms with Crippen molar-refractivity contribution >= 4 is 5.91 Å². The minimum absolute atomic E-state index is 0.0661. The summed E-state index contributed by atoms with van der Waals surface area (Å²) < 4.78 is 11.2. The number of hydrogen-bond acceptors (Lipinski definition) is 5. The molecule has 6 nitrogen and oxygen atoms in total. The molecular weight excluding hydrogens is 306 g/mol. The summed E-state index contributed by atoms with van der Waals surface area (Å²) in [5.74, 6) is 1.07. The Kier molecular flexibility index (Phi) is 5.54. The van der Waals surface area contributed by atoms with Crippen LogP contribution in [0.4, 0.5) is 0 Å². The van der Waals surface area contributed by atoms with Crippen molar-refractivity contribution in [2.45, 2.75) is 95.8 Å². The van der Waals surface area contributed by atoms with E-state index in [4.69, 9.17) is 9.26 Å². The molecule has 1 heterocycles. The molecule has 0 aliphatic heterocycles. The van der Waals surface area contributed by atoms with E-state index >= 15 is 0 Å². The largest absolute Gasteiger partial charge is 0.365 e. The molecule has 1 unspecified atom stereocenters. The predicted octanol–water partition coefficient (Wildman–Crippen LogP) is 3.39. The van der Waals surface area contributed by atoms with Gasteiger partial charge in [0, 0.05) is 6.92 Å².